The number of rotatable bonds is 8. The number of esters is 1. The number of hydrogen-bond acceptors (Lipinski definition) is 7. The van der Waals surface area contributed by atoms with Gasteiger partial charge in [0, 0.05) is 6.42 Å². The second-order valence-electron chi connectivity index (χ2n) is 8.23. The third-order valence-corrected chi connectivity index (χ3v) is 5.86. The average molecular weight is 488 g/mol. The van der Waals surface area contributed by atoms with Crippen LogP contribution in [0.5, 0.6) is 0 Å². The van der Waals surface area contributed by atoms with E-state index >= 15 is 0 Å². The molecule has 3 aromatic rings. The Labute approximate surface area is 207 Å². The van der Waals surface area contributed by atoms with Gasteiger partial charge in [-0.25, -0.2) is 4.79 Å². The van der Waals surface area contributed by atoms with Crippen molar-refractivity contribution in [1.82, 2.24) is 4.90 Å². The molecule has 3 amide bonds. The molecule has 9 heteroatoms. The molecule has 1 aliphatic heterocycles. The molecule has 1 aliphatic rings. The van der Waals surface area contributed by atoms with Crippen LogP contribution in [0.1, 0.15) is 66.6 Å². The Morgan fingerprint density at radius 2 is 1.53 bits per heavy atom. The van der Waals surface area contributed by atoms with Crippen LogP contribution in [-0.2, 0) is 16.0 Å². The van der Waals surface area contributed by atoms with Crippen molar-refractivity contribution < 1.29 is 33.1 Å². The molecule has 36 heavy (non-hydrogen) atoms. The van der Waals surface area contributed by atoms with E-state index in [-0.39, 0.29) is 46.9 Å². The lowest BCUT2D eigenvalue weighted by atomic mass is 10.0. The molecule has 0 spiro atoms. The van der Waals surface area contributed by atoms with Crippen molar-refractivity contribution in [3.8, 4) is 0 Å². The fourth-order valence-corrected chi connectivity index (χ4v) is 4.28. The first kappa shape index (κ1) is 24.6. The zero-order valence-electron chi connectivity index (χ0n) is 20.0. The fraction of sp³-hybridized carbons (Fsp3) is 0.222. The zero-order chi connectivity index (χ0) is 26.0. The maximum absolute atomic E-state index is 13.6. The van der Waals surface area contributed by atoms with Gasteiger partial charge in [0.15, 0.2) is 5.78 Å². The number of anilines is 1. The lowest BCUT2D eigenvalue weighted by Gasteiger charge is -2.25. The fourth-order valence-electron chi connectivity index (χ4n) is 4.28. The van der Waals surface area contributed by atoms with Crippen molar-refractivity contribution in [2.24, 2.45) is 0 Å². The number of amides is 3. The summed E-state index contributed by atoms with van der Waals surface area (Å²) < 4.78 is 10.6. The van der Waals surface area contributed by atoms with Gasteiger partial charge >= 0.3 is 5.97 Å². The molecule has 0 saturated carbocycles. The Bertz CT molecular complexity index is 1340. The number of nitrogens with zero attached hydrogens (tertiary/aromatic N) is 1. The van der Waals surface area contributed by atoms with Gasteiger partial charge in [0.1, 0.15) is 17.4 Å². The minimum Gasteiger partial charge on any atom is -0.462 e. The summed E-state index contributed by atoms with van der Waals surface area (Å²) in [6, 6.07) is 14.0. The van der Waals surface area contributed by atoms with Gasteiger partial charge in [-0.15, -0.1) is 0 Å². The van der Waals surface area contributed by atoms with Gasteiger partial charge in [0.2, 0.25) is 11.8 Å². The largest absolute Gasteiger partial charge is 0.462 e. The molecular weight excluding hydrogens is 464 g/mol. The maximum atomic E-state index is 13.6. The van der Waals surface area contributed by atoms with Crippen LogP contribution in [0.2, 0.25) is 0 Å². The standard InChI is InChI=1S/C27H24N2O7/c1-4-35-27(34)22-21(15(2)30)16(3)36-24(22)28-23(31)20(14-17-10-6-5-7-11-17)29-25(32)18-12-8-9-13-19(18)26(29)33/h5-13,20H,4,14H2,1-3H3,(H,28,31). The average Bonchev–Trinajstić information content (AvgIpc) is 3.31. The summed E-state index contributed by atoms with van der Waals surface area (Å²) in [6.07, 6.45) is 0.0200. The second kappa shape index (κ2) is 9.99. The third kappa shape index (κ3) is 4.43. The molecule has 0 saturated heterocycles. The number of carbonyl (C=O) groups excluding carboxylic acids is 5. The molecule has 2 aromatic carbocycles. The highest BCUT2D eigenvalue weighted by Gasteiger charge is 2.43. The van der Waals surface area contributed by atoms with Crippen LogP contribution in [0.4, 0.5) is 5.88 Å². The zero-order valence-corrected chi connectivity index (χ0v) is 20.0. The van der Waals surface area contributed by atoms with Crippen LogP contribution in [0.15, 0.2) is 59.0 Å². The Balaban J connectivity index is 1.74. The molecular formula is C27H24N2O7. The Morgan fingerprint density at radius 1 is 0.944 bits per heavy atom. The quantitative estimate of drug-likeness (QED) is 0.291. The Morgan fingerprint density at radius 3 is 2.08 bits per heavy atom. The minimum absolute atomic E-state index is 0.0101. The van der Waals surface area contributed by atoms with E-state index in [1.165, 1.54) is 26.0 Å². The van der Waals surface area contributed by atoms with E-state index in [0.717, 1.165) is 4.90 Å². The van der Waals surface area contributed by atoms with E-state index in [1.54, 1.807) is 49.4 Å². The van der Waals surface area contributed by atoms with Crippen molar-refractivity contribution in [3.05, 3.63) is 88.2 Å². The highest BCUT2D eigenvalue weighted by Crippen LogP contribution is 2.31. The Kier molecular flexibility index (Phi) is 6.82. The van der Waals surface area contributed by atoms with E-state index in [4.69, 9.17) is 9.15 Å². The predicted molar refractivity (Wildman–Crippen MR) is 129 cm³/mol. The van der Waals surface area contributed by atoms with E-state index < -0.39 is 35.5 Å². The van der Waals surface area contributed by atoms with Crippen molar-refractivity contribution in [3.63, 3.8) is 0 Å². The van der Waals surface area contributed by atoms with Crippen LogP contribution in [0.25, 0.3) is 0 Å². The normalized spacial score (nSPS) is 13.4. The summed E-state index contributed by atoms with van der Waals surface area (Å²) in [7, 11) is 0. The summed E-state index contributed by atoms with van der Waals surface area (Å²) in [5.41, 5.74) is 0.890. The molecule has 184 valence electrons. The SMILES string of the molecule is CCOC(=O)c1c(NC(=O)C(Cc2ccccc2)N2C(=O)c3ccccc3C2=O)oc(C)c1C(C)=O. The first-order valence-corrected chi connectivity index (χ1v) is 11.4. The van der Waals surface area contributed by atoms with E-state index in [2.05, 4.69) is 5.32 Å². The number of Topliss-reactive ketones (excluding diaryl/α,β-unsaturated/α-hetero) is 1. The molecule has 1 aromatic heterocycles. The molecule has 0 fully saturated rings. The number of imide groups is 1. The van der Waals surface area contributed by atoms with Crippen LogP contribution in [0.3, 0.4) is 0 Å². The predicted octanol–water partition coefficient (Wildman–Crippen LogP) is 3.81. The van der Waals surface area contributed by atoms with Gasteiger partial charge in [-0.2, -0.15) is 0 Å². The first-order chi connectivity index (χ1) is 17.2. The summed E-state index contributed by atoms with van der Waals surface area (Å²) in [5, 5.41) is 2.53. The topological polar surface area (TPSA) is 123 Å². The molecule has 4 rings (SSSR count). The number of aryl methyl sites for hydroxylation is 1. The summed E-state index contributed by atoms with van der Waals surface area (Å²) in [4.78, 5) is 65.8. The van der Waals surface area contributed by atoms with Crippen molar-refractivity contribution in [2.75, 3.05) is 11.9 Å². The van der Waals surface area contributed by atoms with Crippen LogP contribution in [0, 0.1) is 6.92 Å². The molecule has 0 radical (unpaired) electrons. The summed E-state index contributed by atoms with van der Waals surface area (Å²) in [5.74, 6) is -3.40. The maximum Gasteiger partial charge on any atom is 0.344 e. The van der Waals surface area contributed by atoms with E-state index in [1.807, 2.05) is 0 Å². The number of benzene rings is 2. The van der Waals surface area contributed by atoms with Gasteiger partial charge in [0.05, 0.1) is 23.3 Å². The van der Waals surface area contributed by atoms with Crippen molar-refractivity contribution >= 4 is 35.4 Å². The molecule has 9 nitrogen and oxygen atoms in total. The number of ether oxygens (including phenoxy) is 1. The lowest BCUT2D eigenvalue weighted by molar-refractivity contribution is -0.120. The van der Waals surface area contributed by atoms with E-state index in [9.17, 15) is 24.0 Å². The van der Waals surface area contributed by atoms with Crippen molar-refractivity contribution in [1.29, 1.82) is 0 Å². The molecule has 1 atom stereocenters. The molecule has 0 bridgehead atoms. The monoisotopic (exact) mass is 488 g/mol. The second-order valence-corrected chi connectivity index (χ2v) is 8.23. The molecule has 2 heterocycles. The number of ketones is 1. The number of furan rings is 1. The van der Waals surface area contributed by atoms with Crippen LogP contribution >= 0.6 is 0 Å². The Hall–Kier alpha value is -4.53. The van der Waals surface area contributed by atoms with E-state index in [0.29, 0.717) is 5.56 Å². The van der Waals surface area contributed by atoms with Crippen LogP contribution in [-0.4, -0.2) is 47.0 Å². The van der Waals surface area contributed by atoms with Gasteiger partial charge in [-0.3, -0.25) is 29.4 Å². The number of nitrogens with one attached hydrogen (secondary N) is 1. The summed E-state index contributed by atoms with van der Waals surface area (Å²) >= 11 is 0. The number of fused-ring (bicyclic) bond motifs is 1. The van der Waals surface area contributed by atoms with Crippen LogP contribution < -0.4 is 5.32 Å². The molecule has 0 aliphatic carbocycles. The lowest BCUT2D eigenvalue weighted by Crippen LogP contribution is -2.48. The minimum atomic E-state index is -1.26. The smallest absolute Gasteiger partial charge is 0.344 e. The molecule has 1 N–H and O–H groups in total. The highest BCUT2D eigenvalue weighted by atomic mass is 16.5. The van der Waals surface area contributed by atoms with Gasteiger partial charge in [0.25, 0.3) is 11.8 Å². The van der Waals surface area contributed by atoms with Gasteiger partial charge in [-0.05, 0) is 38.5 Å². The highest BCUT2D eigenvalue weighted by molar-refractivity contribution is 6.23. The number of carbonyl (C=O) groups is 5. The van der Waals surface area contributed by atoms with Crippen molar-refractivity contribution in [2.45, 2.75) is 33.2 Å². The number of hydrogen-bond donors (Lipinski definition) is 1. The molecule has 1 unspecified atom stereocenters. The van der Waals surface area contributed by atoms with Gasteiger partial charge < -0.3 is 9.15 Å². The first-order valence-electron chi connectivity index (χ1n) is 11.4. The van der Waals surface area contributed by atoms with Gasteiger partial charge in [-0.1, -0.05) is 42.5 Å². The third-order valence-electron chi connectivity index (χ3n) is 5.86. The summed E-state index contributed by atoms with van der Waals surface area (Å²) in [6.45, 7) is 4.40.